The van der Waals surface area contributed by atoms with Crippen LogP contribution in [0.5, 0.6) is 0 Å². The van der Waals surface area contributed by atoms with E-state index in [1.165, 1.54) is 0 Å². The topological polar surface area (TPSA) is 41.6 Å². The van der Waals surface area contributed by atoms with E-state index < -0.39 is 0 Å². The van der Waals surface area contributed by atoms with Gasteiger partial charge in [-0.05, 0) is 25.5 Å². The molecule has 1 aliphatic heterocycles. The Bertz CT molecular complexity index is 467. The summed E-state index contributed by atoms with van der Waals surface area (Å²) in [5.41, 5.74) is 1.01. The molecule has 0 radical (unpaired) electrons. The molecule has 1 amide bonds. The molecule has 1 aliphatic rings. The molecule has 1 fully saturated rings. The van der Waals surface area contributed by atoms with Crippen LogP contribution in [0.25, 0.3) is 0 Å². The number of benzene rings is 1. The van der Waals surface area contributed by atoms with Crippen LogP contribution in [0.3, 0.4) is 0 Å². The lowest BCUT2D eigenvalue weighted by Gasteiger charge is -2.31. The molecule has 4 nitrogen and oxygen atoms in total. The summed E-state index contributed by atoms with van der Waals surface area (Å²) in [5, 5.41) is 3.96. The zero-order valence-corrected chi connectivity index (χ0v) is 12.7. The van der Waals surface area contributed by atoms with Crippen LogP contribution in [0.2, 0.25) is 5.02 Å². The molecule has 20 heavy (non-hydrogen) atoms. The number of nitrogens with one attached hydrogen (secondary N) is 1. The largest absolute Gasteiger partial charge is 0.375 e. The van der Waals surface area contributed by atoms with E-state index in [0.29, 0.717) is 26.2 Å². The van der Waals surface area contributed by atoms with Crippen molar-refractivity contribution in [1.82, 2.24) is 10.2 Å². The van der Waals surface area contributed by atoms with Gasteiger partial charge in [0.1, 0.15) is 0 Å². The summed E-state index contributed by atoms with van der Waals surface area (Å²) in [5.74, 6) is 0.110. The first kappa shape index (κ1) is 15.3. The van der Waals surface area contributed by atoms with E-state index in [1.54, 1.807) is 0 Å². The molecular formula is C15H21ClN2O2. The van der Waals surface area contributed by atoms with Crippen molar-refractivity contribution in [2.75, 3.05) is 26.2 Å². The van der Waals surface area contributed by atoms with E-state index in [-0.39, 0.29) is 18.1 Å². The number of nitrogens with zero attached hydrogens (tertiary/aromatic N) is 1. The van der Waals surface area contributed by atoms with E-state index in [2.05, 4.69) is 5.32 Å². The van der Waals surface area contributed by atoms with Gasteiger partial charge >= 0.3 is 0 Å². The second-order valence-corrected chi connectivity index (χ2v) is 5.55. The van der Waals surface area contributed by atoms with Gasteiger partial charge in [0.25, 0.3) is 0 Å². The monoisotopic (exact) mass is 296 g/mol. The van der Waals surface area contributed by atoms with E-state index >= 15 is 0 Å². The molecule has 0 saturated carbocycles. The number of ether oxygens (including phenoxy) is 1. The third-order valence-electron chi connectivity index (χ3n) is 3.52. The highest BCUT2D eigenvalue weighted by molar-refractivity contribution is 6.31. The van der Waals surface area contributed by atoms with Crippen molar-refractivity contribution < 1.29 is 9.53 Å². The van der Waals surface area contributed by atoms with Gasteiger partial charge in [-0.3, -0.25) is 4.79 Å². The maximum atomic E-state index is 12.1. The van der Waals surface area contributed by atoms with E-state index in [1.807, 2.05) is 43.0 Å². The summed E-state index contributed by atoms with van der Waals surface area (Å²) in [7, 11) is 0. The molecule has 110 valence electrons. The summed E-state index contributed by atoms with van der Waals surface area (Å²) in [6, 6.07) is 7.73. The number of rotatable bonds is 4. The molecule has 0 spiro atoms. The highest BCUT2D eigenvalue weighted by Gasteiger charge is 2.21. The lowest BCUT2D eigenvalue weighted by Crippen LogP contribution is -2.47. The molecule has 0 unspecified atom stereocenters. The molecule has 1 heterocycles. The second kappa shape index (κ2) is 7.07. The van der Waals surface area contributed by atoms with Gasteiger partial charge in [0.15, 0.2) is 0 Å². The smallest absolute Gasteiger partial charge is 0.236 e. The van der Waals surface area contributed by atoms with Gasteiger partial charge in [-0.2, -0.15) is 0 Å². The number of amides is 1. The molecule has 0 aromatic heterocycles. The Labute approximate surface area is 125 Å². The Morgan fingerprint density at radius 3 is 3.00 bits per heavy atom. The average molecular weight is 297 g/mol. The molecular weight excluding hydrogens is 276 g/mol. The van der Waals surface area contributed by atoms with Crippen LogP contribution in [0.4, 0.5) is 0 Å². The molecule has 0 aliphatic carbocycles. The lowest BCUT2D eigenvalue weighted by atomic mass is 10.1. The normalized spacial score (nSPS) is 20.8. The minimum atomic E-state index is 0.0473. The van der Waals surface area contributed by atoms with Crippen LogP contribution in [-0.2, 0) is 9.53 Å². The lowest BCUT2D eigenvalue weighted by molar-refractivity contribution is -0.137. The van der Waals surface area contributed by atoms with Crippen LogP contribution >= 0.6 is 11.6 Å². The van der Waals surface area contributed by atoms with Crippen molar-refractivity contribution in [3.63, 3.8) is 0 Å². The summed E-state index contributed by atoms with van der Waals surface area (Å²) in [6.45, 7) is 6.27. The SMILES string of the molecule is C[C@@H]1CN(C(=O)CN[C@H](C)c2ccccc2Cl)CCO1. The Balaban J connectivity index is 1.85. The van der Waals surface area contributed by atoms with Crippen LogP contribution in [0.1, 0.15) is 25.5 Å². The zero-order valence-electron chi connectivity index (χ0n) is 11.9. The standard InChI is InChI=1S/C15H21ClN2O2/c1-11-10-18(7-8-20-11)15(19)9-17-12(2)13-5-3-4-6-14(13)16/h3-6,11-12,17H,7-10H2,1-2H3/t11-,12-/m1/s1. The number of hydrogen-bond acceptors (Lipinski definition) is 3. The van der Waals surface area contributed by atoms with Gasteiger partial charge in [0, 0.05) is 24.2 Å². The molecule has 1 aromatic rings. The highest BCUT2D eigenvalue weighted by atomic mass is 35.5. The number of morpholine rings is 1. The fourth-order valence-corrected chi connectivity index (χ4v) is 2.63. The van der Waals surface area contributed by atoms with Crippen molar-refractivity contribution in [2.45, 2.75) is 26.0 Å². The Kier molecular flexibility index (Phi) is 5.40. The molecule has 2 rings (SSSR count). The van der Waals surface area contributed by atoms with Gasteiger partial charge in [0.05, 0.1) is 19.3 Å². The maximum Gasteiger partial charge on any atom is 0.236 e. The molecule has 5 heteroatoms. The Morgan fingerprint density at radius 1 is 1.55 bits per heavy atom. The Hall–Kier alpha value is -1.10. The van der Waals surface area contributed by atoms with Gasteiger partial charge in [-0.15, -0.1) is 0 Å². The first-order chi connectivity index (χ1) is 9.58. The molecule has 2 atom stereocenters. The number of carbonyl (C=O) groups is 1. The van der Waals surface area contributed by atoms with Crippen molar-refractivity contribution in [2.24, 2.45) is 0 Å². The Morgan fingerprint density at radius 2 is 2.30 bits per heavy atom. The number of hydrogen-bond donors (Lipinski definition) is 1. The summed E-state index contributed by atoms with van der Waals surface area (Å²) in [4.78, 5) is 14.0. The predicted octanol–water partition coefficient (Wildman–Crippen LogP) is 2.24. The second-order valence-electron chi connectivity index (χ2n) is 5.15. The highest BCUT2D eigenvalue weighted by Crippen LogP contribution is 2.21. The molecule has 1 aromatic carbocycles. The average Bonchev–Trinajstić information content (AvgIpc) is 2.45. The zero-order chi connectivity index (χ0) is 14.5. The van der Waals surface area contributed by atoms with Gasteiger partial charge in [-0.25, -0.2) is 0 Å². The minimum absolute atomic E-state index is 0.0473. The minimum Gasteiger partial charge on any atom is -0.375 e. The van der Waals surface area contributed by atoms with E-state index in [4.69, 9.17) is 16.3 Å². The van der Waals surface area contributed by atoms with Gasteiger partial charge in [0.2, 0.25) is 5.91 Å². The maximum absolute atomic E-state index is 12.1. The summed E-state index contributed by atoms with van der Waals surface area (Å²) in [6.07, 6.45) is 0.119. The first-order valence-corrected chi connectivity index (χ1v) is 7.33. The van der Waals surface area contributed by atoms with Crippen LogP contribution in [0, 0.1) is 0 Å². The van der Waals surface area contributed by atoms with Crippen LogP contribution < -0.4 is 5.32 Å². The van der Waals surface area contributed by atoms with Crippen molar-refractivity contribution in [1.29, 1.82) is 0 Å². The van der Waals surface area contributed by atoms with E-state index in [9.17, 15) is 4.79 Å². The van der Waals surface area contributed by atoms with Crippen molar-refractivity contribution in [3.8, 4) is 0 Å². The molecule has 1 saturated heterocycles. The number of halogens is 1. The predicted molar refractivity (Wildman–Crippen MR) is 79.9 cm³/mol. The third kappa shape index (κ3) is 3.95. The van der Waals surface area contributed by atoms with Crippen LogP contribution in [-0.4, -0.2) is 43.2 Å². The number of carbonyl (C=O) groups excluding carboxylic acids is 1. The van der Waals surface area contributed by atoms with Gasteiger partial charge < -0.3 is 15.0 Å². The van der Waals surface area contributed by atoms with E-state index in [0.717, 1.165) is 10.6 Å². The van der Waals surface area contributed by atoms with Crippen molar-refractivity contribution in [3.05, 3.63) is 34.9 Å². The molecule has 1 N–H and O–H groups in total. The fraction of sp³-hybridized carbons (Fsp3) is 0.533. The quantitative estimate of drug-likeness (QED) is 0.926. The van der Waals surface area contributed by atoms with Crippen molar-refractivity contribution >= 4 is 17.5 Å². The summed E-state index contributed by atoms with van der Waals surface area (Å²) >= 11 is 6.15. The summed E-state index contributed by atoms with van der Waals surface area (Å²) < 4.78 is 5.44. The third-order valence-corrected chi connectivity index (χ3v) is 3.87. The fourth-order valence-electron chi connectivity index (χ4n) is 2.33. The van der Waals surface area contributed by atoms with Crippen LogP contribution in [0.15, 0.2) is 24.3 Å². The van der Waals surface area contributed by atoms with Gasteiger partial charge in [-0.1, -0.05) is 29.8 Å². The first-order valence-electron chi connectivity index (χ1n) is 6.95. The molecule has 0 bridgehead atoms.